The number of fused-ring (bicyclic) bond motifs is 1. The number of rotatable bonds is 5. The Labute approximate surface area is 205 Å². The molecule has 3 fully saturated rings. The molecule has 0 atom stereocenters. The number of hydrogen-bond donors (Lipinski definition) is 3. The predicted molar refractivity (Wildman–Crippen MR) is 134 cm³/mol. The van der Waals surface area contributed by atoms with Crippen LogP contribution >= 0.6 is 11.3 Å². The van der Waals surface area contributed by atoms with E-state index in [0.717, 1.165) is 72.4 Å². The lowest BCUT2D eigenvalue weighted by molar-refractivity contribution is 0.0870. The first-order valence-corrected chi connectivity index (χ1v) is 13.8. The Morgan fingerprint density at radius 3 is 2.29 bits per heavy atom. The maximum atomic E-state index is 13.1. The van der Waals surface area contributed by atoms with Gasteiger partial charge in [-0.25, -0.2) is 4.79 Å². The van der Waals surface area contributed by atoms with Crippen molar-refractivity contribution in [3.8, 4) is 0 Å². The van der Waals surface area contributed by atoms with E-state index in [9.17, 15) is 9.59 Å². The fourth-order valence-corrected chi connectivity index (χ4v) is 7.32. The molecular weight excluding hydrogens is 450 g/mol. The van der Waals surface area contributed by atoms with Gasteiger partial charge < -0.3 is 20.6 Å². The monoisotopic (exact) mass is 487 g/mol. The van der Waals surface area contributed by atoms with E-state index < -0.39 is 6.09 Å². The van der Waals surface area contributed by atoms with Crippen LogP contribution in [-0.2, 0) is 0 Å². The normalized spacial score (nSPS) is 25.4. The van der Waals surface area contributed by atoms with Crippen molar-refractivity contribution in [2.75, 3.05) is 13.1 Å². The Morgan fingerprint density at radius 2 is 1.62 bits per heavy atom. The second-order valence-electron chi connectivity index (χ2n) is 10.4. The molecule has 5 rings (SSSR count). The van der Waals surface area contributed by atoms with Crippen molar-refractivity contribution < 1.29 is 14.7 Å². The van der Waals surface area contributed by atoms with Crippen LogP contribution in [0.2, 0.25) is 0 Å². The Bertz CT molecular complexity index is 1010. The third-order valence-corrected chi connectivity index (χ3v) is 9.24. The highest BCUT2D eigenvalue weighted by Gasteiger charge is 2.30. The minimum absolute atomic E-state index is 0.0554. The minimum Gasteiger partial charge on any atom is -0.465 e. The number of amides is 2. The predicted octanol–water partition coefficient (Wildman–Crippen LogP) is 4.68. The molecule has 3 heterocycles. The summed E-state index contributed by atoms with van der Waals surface area (Å²) in [7, 11) is 0. The van der Waals surface area contributed by atoms with Gasteiger partial charge in [-0.3, -0.25) is 9.48 Å². The number of aromatic nitrogens is 2. The SMILES string of the molecule is Cc1nn(C2CCCCC2)c2sc(C(=O)NC3CCC(N4CCC(NC(=O)O)CC4)CC3)cc12. The van der Waals surface area contributed by atoms with Crippen LogP contribution in [0.4, 0.5) is 4.79 Å². The fourth-order valence-electron chi connectivity index (χ4n) is 6.18. The summed E-state index contributed by atoms with van der Waals surface area (Å²) in [6.45, 7) is 3.95. The topological polar surface area (TPSA) is 99.5 Å². The average Bonchev–Trinajstić information content (AvgIpc) is 3.41. The van der Waals surface area contributed by atoms with E-state index in [-0.39, 0.29) is 18.0 Å². The number of nitrogens with one attached hydrogen (secondary N) is 2. The summed E-state index contributed by atoms with van der Waals surface area (Å²) in [4.78, 5) is 28.4. The van der Waals surface area contributed by atoms with Gasteiger partial charge in [0.1, 0.15) is 4.83 Å². The van der Waals surface area contributed by atoms with Gasteiger partial charge in [0.05, 0.1) is 16.6 Å². The molecule has 186 valence electrons. The highest BCUT2D eigenvalue weighted by molar-refractivity contribution is 7.20. The van der Waals surface area contributed by atoms with Crippen LogP contribution < -0.4 is 10.6 Å². The first kappa shape index (κ1) is 23.6. The van der Waals surface area contributed by atoms with Crippen LogP contribution in [0.15, 0.2) is 6.07 Å². The molecule has 2 aliphatic carbocycles. The number of carboxylic acid groups (broad SMARTS) is 1. The highest BCUT2D eigenvalue weighted by Crippen LogP contribution is 2.35. The molecule has 2 aromatic rings. The van der Waals surface area contributed by atoms with E-state index in [2.05, 4.69) is 27.1 Å². The van der Waals surface area contributed by atoms with Crippen LogP contribution in [0.1, 0.15) is 92.0 Å². The van der Waals surface area contributed by atoms with Gasteiger partial charge in [-0.15, -0.1) is 11.3 Å². The summed E-state index contributed by atoms with van der Waals surface area (Å²) >= 11 is 1.60. The first-order valence-electron chi connectivity index (χ1n) is 13.0. The lowest BCUT2D eigenvalue weighted by atomic mass is 9.88. The van der Waals surface area contributed by atoms with E-state index in [0.29, 0.717) is 12.1 Å². The molecule has 2 amide bonds. The molecule has 3 aliphatic rings. The quantitative estimate of drug-likeness (QED) is 0.568. The van der Waals surface area contributed by atoms with Gasteiger partial charge in [0.25, 0.3) is 5.91 Å². The van der Waals surface area contributed by atoms with Crippen LogP contribution in [0.25, 0.3) is 10.2 Å². The molecule has 2 aromatic heterocycles. The van der Waals surface area contributed by atoms with Crippen molar-refractivity contribution in [2.45, 2.75) is 102 Å². The summed E-state index contributed by atoms with van der Waals surface area (Å²) in [5.41, 5.74) is 1.03. The second kappa shape index (κ2) is 10.2. The molecule has 8 nitrogen and oxygen atoms in total. The van der Waals surface area contributed by atoms with Gasteiger partial charge in [0.15, 0.2) is 0 Å². The van der Waals surface area contributed by atoms with E-state index >= 15 is 0 Å². The summed E-state index contributed by atoms with van der Waals surface area (Å²) in [5.74, 6) is 0.0554. The zero-order valence-corrected chi connectivity index (χ0v) is 20.9. The van der Waals surface area contributed by atoms with Gasteiger partial charge >= 0.3 is 6.09 Å². The van der Waals surface area contributed by atoms with Crippen molar-refractivity contribution in [3.05, 3.63) is 16.6 Å². The number of nitrogens with zero attached hydrogens (tertiary/aromatic N) is 3. The number of hydrogen-bond acceptors (Lipinski definition) is 5. The smallest absolute Gasteiger partial charge is 0.404 e. The zero-order chi connectivity index (χ0) is 23.7. The van der Waals surface area contributed by atoms with E-state index in [1.807, 2.05) is 6.07 Å². The maximum absolute atomic E-state index is 13.1. The summed E-state index contributed by atoms with van der Waals surface area (Å²) in [6, 6.07) is 3.38. The number of thiophene rings is 1. The molecule has 0 unspecified atom stereocenters. The van der Waals surface area contributed by atoms with Gasteiger partial charge in [0, 0.05) is 36.6 Å². The molecule has 1 saturated heterocycles. The molecular formula is C25H37N5O3S. The molecule has 0 radical (unpaired) electrons. The molecule has 9 heteroatoms. The van der Waals surface area contributed by atoms with Gasteiger partial charge in [0.2, 0.25) is 0 Å². The summed E-state index contributed by atoms with van der Waals surface area (Å²) in [6.07, 6.45) is 11.3. The third-order valence-electron chi connectivity index (χ3n) is 8.12. The molecule has 1 aliphatic heterocycles. The third kappa shape index (κ3) is 5.10. The van der Waals surface area contributed by atoms with Gasteiger partial charge in [-0.2, -0.15) is 5.10 Å². The lowest BCUT2D eigenvalue weighted by Gasteiger charge is -2.40. The molecule has 3 N–H and O–H groups in total. The molecule has 2 saturated carbocycles. The van der Waals surface area contributed by atoms with Gasteiger partial charge in [-0.05, 0) is 64.4 Å². The Balaban J connectivity index is 1.14. The van der Waals surface area contributed by atoms with Crippen molar-refractivity contribution in [2.24, 2.45) is 0 Å². The van der Waals surface area contributed by atoms with E-state index in [1.165, 1.54) is 32.1 Å². The second-order valence-corrected chi connectivity index (χ2v) is 11.4. The Morgan fingerprint density at radius 1 is 0.941 bits per heavy atom. The van der Waals surface area contributed by atoms with Crippen LogP contribution in [-0.4, -0.2) is 63.0 Å². The highest BCUT2D eigenvalue weighted by atomic mass is 32.1. The number of likely N-dealkylation sites (tertiary alicyclic amines) is 1. The van der Waals surface area contributed by atoms with Crippen molar-refractivity contribution >= 4 is 33.6 Å². The summed E-state index contributed by atoms with van der Waals surface area (Å²) in [5, 5.41) is 20.8. The van der Waals surface area contributed by atoms with Crippen molar-refractivity contribution in [1.82, 2.24) is 25.3 Å². The standard InChI is InChI=1S/C25H37N5O3S/c1-16-21-15-22(34-24(21)30(28-16)20-5-3-2-4-6-20)23(31)26-17-7-9-19(10-8-17)29-13-11-18(12-14-29)27-25(32)33/h15,17-20,27H,2-14H2,1H3,(H,26,31)(H,32,33). The number of aryl methyl sites for hydroxylation is 1. The van der Waals surface area contributed by atoms with E-state index in [4.69, 9.17) is 10.2 Å². The lowest BCUT2D eigenvalue weighted by Crippen LogP contribution is -2.50. The van der Waals surface area contributed by atoms with Crippen LogP contribution in [0.5, 0.6) is 0 Å². The molecule has 0 aromatic carbocycles. The van der Waals surface area contributed by atoms with Crippen molar-refractivity contribution in [3.63, 3.8) is 0 Å². The zero-order valence-electron chi connectivity index (χ0n) is 20.1. The number of piperidine rings is 1. The first-order chi connectivity index (χ1) is 16.5. The maximum Gasteiger partial charge on any atom is 0.404 e. The van der Waals surface area contributed by atoms with Crippen molar-refractivity contribution in [1.29, 1.82) is 0 Å². The molecule has 0 bridgehead atoms. The molecule has 0 spiro atoms. The average molecular weight is 488 g/mol. The fraction of sp³-hybridized carbons (Fsp3) is 0.720. The Kier molecular flexibility index (Phi) is 7.11. The van der Waals surface area contributed by atoms with Crippen LogP contribution in [0, 0.1) is 6.92 Å². The minimum atomic E-state index is -0.921. The van der Waals surface area contributed by atoms with Gasteiger partial charge in [-0.1, -0.05) is 19.3 Å². The largest absolute Gasteiger partial charge is 0.465 e. The summed E-state index contributed by atoms with van der Waals surface area (Å²) < 4.78 is 2.20. The number of carbonyl (C=O) groups is 2. The van der Waals surface area contributed by atoms with E-state index in [1.54, 1.807) is 11.3 Å². The van der Waals surface area contributed by atoms with Crippen LogP contribution in [0.3, 0.4) is 0 Å². The molecule has 34 heavy (non-hydrogen) atoms. The number of carbonyl (C=O) groups excluding carboxylic acids is 1. The Hall–Kier alpha value is -2.13.